The second-order valence-corrected chi connectivity index (χ2v) is 8.87. The van der Waals surface area contributed by atoms with Crippen LogP contribution in [0.15, 0.2) is 41.6 Å². The van der Waals surface area contributed by atoms with Crippen LogP contribution in [0.4, 0.5) is 5.69 Å². The Labute approximate surface area is 196 Å². The van der Waals surface area contributed by atoms with Crippen molar-refractivity contribution in [1.82, 2.24) is 15.2 Å². The van der Waals surface area contributed by atoms with Crippen LogP contribution >= 0.6 is 23.4 Å². The van der Waals surface area contributed by atoms with Gasteiger partial charge in [-0.25, -0.2) is 0 Å². The summed E-state index contributed by atoms with van der Waals surface area (Å²) in [6.45, 7) is 2.20. The summed E-state index contributed by atoms with van der Waals surface area (Å²) in [4.78, 5) is 4.66. The fraction of sp³-hybridized carbons (Fsp3) is 0.348. The van der Waals surface area contributed by atoms with Crippen molar-refractivity contribution in [1.29, 1.82) is 0 Å². The van der Waals surface area contributed by atoms with E-state index in [2.05, 4.69) is 27.4 Å². The van der Waals surface area contributed by atoms with Gasteiger partial charge in [0, 0.05) is 22.6 Å². The molecule has 2 aromatic carbocycles. The van der Waals surface area contributed by atoms with Crippen molar-refractivity contribution in [3.63, 3.8) is 0 Å². The predicted molar refractivity (Wildman–Crippen MR) is 127 cm³/mol. The van der Waals surface area contributed by atoms with Crippen molar-refractivity contribution in [2.24, 2.45) is 0 Å². The van der Waals surface area contributed by atoms with Gasteiger partial charge in [-0.05, 0) is 24.6 Å². The minimum absolute atomic E-state index is 0.113. The van der Waals surface area contributed by atoms with Gasteiger partial charge in [-0.15, -0.1) is 10.2 Å². The van der Waals surface area contributed by atoms with Gasteiger partial charge in [0.2, 0.25) is 11.0 Å². The number of unbranched alkanes of at least 4 members (excludes halogenated alkanes) is 3. The number of anilines is 1. The summed E-state index contributed by atoms with van der Waals surface area (Å²) in [6, 6.07) is 11.1. The molecule has 2 heterocycles. The molecule has 7 nitrogen and oxygen atoms in total. The van der Waals surface area contributed by atoms with Crippen molar-refractivity contribution in [3.05, 3.63) is 47.0 Å². The van der Waals surface area contributed by atoms with Gasteiger partial charge in [0.1, 0.15) is 0 Å². The number of thioether (sulfide) groups is 1. The highest BCUT2D eigenvalue weighted by Gasteiger charge is 2.27. The maximum atomic E-state index is 10.1. The molecule has 32 heavy (non-hydrogen) atoms. The van der Waals surface area contributed by atoms with Crippen LogP contribution in [0.25, 0.3) is 11.3 Å². The molecule has 1 atom stereocenters. The van der Waals surface area contributed by atoms with Gasteiger partial charge < -0.3 is 19.9 Å². The number of aromatic hydroxyl groups is 1. The van der Waals surface area contributed by atoms with E-state index in [9.17, 15) is 5.11 Å². The van der Waals surface area contributed by atoms with Crippen LogP contribution in [0, 0.1) is 0 Å². The van der Waals surface area contributed by atoms with Gasteiger partial charge in [-0.2, -0.15) is 4.98 Å². The highest BCUT2D eigenvalue weighted by molar-refractivity contribution is 7.99. The summed E-state index contributed by atoms with van der Waals surface area (Å²) < 4.78 is 11.5. The number of phenolic OH excluding ortho intramolecular Hbond substituents is 1. The molecule has 0 amide bonds. The van der Waals surface area contributed by atoms with E-state index in [-0.39, 0.29) is 16.5 Å². The fourth-order valence-corrected chi connectivity index (χ4v) is 4.45. The third-order valence-electron chi connectivity index (χ3n) is 5.14. The standard InChI is InChI=1S/C23H25ClN4O3S/c1-3-4-5-8-11-32-23-26-22-19(27-28-23)15-9-6-7-10-17(15)25-21(31-22)14-12-16(24)20(29)18(13-14)30-2/h6-7,9-10,12-13,21,25,29H,3-5,8,11H2,1-2H3/t21-/m0/s1. The number of aromatic nitrogens is 3. The molecule has 0 saturated carbocycles. The lowest BCUT2D eigenvalue weighted by molar-refractivity contribution is 0.224. The van der Waals surface area contributed by atoms with Crippen molar-refractivity contribution >= 4 is 29.1 Å². The SMILES string of the molecule is CCCCCCSc1nnc2c(n1)O[C@@H](c1cc(Cl)c(O)c(OC)c1)Nc1ccccc1-2. The van der Waals surface area contributed by atoms with Gasteiger partial charge in [-0.3, -0.25) is 0 Å². The van der Waals surface area contributed by atoms with Crippen LogP contribution in [0.5, 0.6) is 17.4 Å². The molecule has 4 rings (SSSR count). The molecule has 1 aliphatic rings. The van der Waals surface area contributed by atoms with Gasteiger partial charge in [0.05, 0.1) is 12.1 Å². The zero-order valence-electron chi connectivity index (χ0n) is 18.0. The summed E-state index contributed by atoms with van der Waals surface area (Å²) in [6.07, 6.45) is 4.12. The first-order valence-corrected chi connectivity index (χ1v) is 11.9. The number of fused-ring (bicyclic) bond motifs is 3. The maximum absolute atomic E-state index is 10.1. The van der Waals surface area contributed by atoms with Gasteiger partial charge in [0.25, 0.3) is 0 Å². The van der Waals surface area contributed by atoms with Crippen molar-refractivity contribution in [2.45, 2.75) is 44.0 Å². The van der Waals surface area contributed by atoms with Crippen LogP contribution in [-0.4, -0.2) is 33.2 Å². The quantitative estimate of drug-likeness (QED) is 0.301. The Morgan fingerprint density at radius 2 is 2.03 bits per heavy atom. The molecule has 0 fully saturated rings. The summed E-state index contributed by atoms with van der Waals surface area (Å²) in [5.74, 6) is 1.48. The first-order chi connectivity index (χ1) is 15.6. The molecule has 2 N–H and O–H groups in total. The maximum Gasteiger partial charge on any atom is 0.247 e. The van der Waals surface area contributed by atoms with Crippen molar-refractivity contribution < 1.29 is 14.6 Å². The monoisotopic (exact) mass is 472 g/mol. The summed E-state index contributed by atoms with van der Waals surface area (Å²) in [5, 5.41) is 23.0. The molecular weight excluding hydrogens is 448 g/mol. The van der Waals surface area contributed by atoms with Gasteiger partial charge >= 0.3 is 0 Å². The van der Waals surface area contributed by atoms with Gasteiger partial charge in [0.15, 0.2) is 23.4 Å². The van der Waals surface area contributed by atoms with Gasteiger partial charge in [-0.1, -0.05) is 67.7 Å². The summed E-state index contributed by atoms with van der Waals surface area (Å²) >= 11 is 7.80. The Kier molecular flexibility index (Phi) is 7.22. The molecule has 0 spiro atoms. The van der Waals surface area contributed by atoms with E-state index in [1.54, 1.807) is 23.9 Å². The van der Waals surface area contributed by atoms with Crippen LogP contribution in [0.3, 0.4) is 0 Å². The van der Waals surface area contributed by atoms with E-state index in [1.807, 2.05) is 24.3 Å². The van der Waals surface area contributed by atoms with E-state index in [0.29, 0.717) is 22.3 Å². The van der Waals surface area contributed by atoms with E-state index in [1.165, 1.54) is 26.4 Å². The number of hydrogen-bond donors (Lipinski definition) is 2. The lowest BCUT2D eigenvalue weighted by Crippen LogP contribution is -2.17. The Balaban J connectivity index is 1.67. The number of benzene rings is 2. The molecule has 168 valence electrons. The van der Waals surface area contributed by atoms with E-state index in [0.717, 1.165) is 23.4 Å². The molecule has 9 heteroatoms. The van der Waals surface area contributed by atoms with Crippen molar-refractivity contribution in [2.75, 3.05) is 18.2 Å². The van der Waals surface area contributed by atoms with E-state index >= 15 is 0 Å². The first-order valence-electron chi connectivity index (χ1n) is 10.6. The summed E-state index contributed by atoms with van der Waals surface area (Å²) in [5.41, 5.74) is 2.93. The second kappa shape index (κ2) is 10.3. The molecular formula is C23H25ClN4O3S. The highest BCUT2D eigenvalue weighted by atomic mass is 35.5. The number of halogens is 1. The average molecular weight is 473 g/mol. The number of para-hydroxylation sites is 1. The Hall–Kier alpha value is -2.71. The Morgan fingerprint density at radius 1 is 1.19 bits per heavy atom. The number of nitrogens with zero attached hydrogens (tertiary/aromatic N) is 3. The largest absolute Gasteiger partial charge is 0.503 e. The number of rotatable bonds is 8. The zero-order valence-corrected chi connectivity index (χ0v) is 19.5. The van der Waals surface area contributed by atoms with E-state index < -0.39 is 6.23 Å². The Bertz CT molecular complexity index is 1100. The number of hydrogen-bond acceptors (Lipinski definition) is 8. The van der Waals surface area contributed by atoms with Crippen LogP contribution < -0.4 is 14.8 Å². The molecule has 0 radical (unpaired) electrons. The molecule has 0 bridgehead atoms. The first kappa shape index (κ1) is 22.5. The number of methoxy groups -OCH3 is 1. The second-order valence-electron chi connectivity index (χ2n) is 7.40. The minimum Gasteiger partial charge on any atom is -0.503 e. The number of phenols is 1. The number of nitrogens with one attached hydrogen (secondary N) is 1. The fourth-order valence-electron chi connectivity index (χ4n) is 3.45. The average Bonchev–Trinajstić information content (AvgIpc) is 2.97. The number of ether oxygens (including phenoxy) is 2. The smallest absolute Gasteiger partial charge is 0.247 e. The molecule has 1 aliphatic heterocycles. The molecule has 3 aromatic rings. The van der Waals surface area contributed by atoms with Crippen LogP contribution in [-0.2, 0) is 0 Å². The molecule has 0 saturated heterocycles. The van der Waals surface area contributed by atoms with Crippen molar-refractivity contribution in [3.8, 4) is 28.6 Å². The highest BCUT2D eigenvalue weighted by Crippen LogP contribution is 2.42. The zero-order chi connectivity index (χ0) is 22.5. The van der Waals surface area contributed by atoms with Crippen LogP contribution in [0.2, 0.25) is 5.02 Å². The third kappa shape index (κ3) is 4.86. The van der Waals surface area contributed by atoms with Crippen LogP contribution in [0.1, 0.15) is 44.4 Å². The summed E-state index contributed by atoms with van der Waals surface area (Å²) in [7, 11) is 1.47. The molecule has 0 aliphatic carbocycles. The lowest BCUT2D eigenvalue weighted by Gasteiger charge is -2.20. The van der Waals surface area contributed by atoms with E-state index in [4.69, 9.17) is 21.1 Å². The third-order valence-corrected chi connectivity index (χ3v) is 6.35. The topological polar surface area (TPSA) is 89.4 Å². The Morgan fingerprint density at radius 3 is 2.84 bits per heavy atom. The minimum atomic E-state index is -0.622. The predicted octanol–water partition coefficient (Wildman–Crippen LogP) is 6.08. The molecule has 1 aromatic heterocycles. The molecule has 0 unspecified atom stereocenters. The lowest BCUT2D eigenvalue weighted by atomic mass is 10.1. The normalized spacial score (nSPS) is 14.5.